The summed E-state index contributed by atoms with van der Waals surface area (Å²) in [5, 5.41) is 11.5. The molecule has 0 fully saturated rings. The molecule has 1 N–H and O–H groups in total. The first kappa shape index (κ1) is 15.7. The summed E-state index contributed by atoms with van der Waals surface area (Å²) in [6.07, 6.45) is 4.20. The van der Waals surface area contributed by atoms with Gasteiger partial charge in [0, 0.05) is 18.7 Å². The van der Waals surface area contributed by atoms with Crippen LogP contribution in [0.2, 0.25) is 0 Å². The van der Waals surface area contributed by atoms with Gasteiger partial charge in [0.25, 0.3) is 0 Å². The lowest BCUT2D eigenvalue weighted by molar-refractivity contribution is -0.0150. The van der Waals surface area contributed by atoms with Gasteiger partial charge in [-0.05, 0) is 25.3 Å². The van der Waals surface area contributed by atoms with Crippen molar-refractivity contribution < 1.29 is 5.21 Å². The maximum atomic E-state index is 10.2. The summed E-state index contributed by atoms with van der Waals surface area (Å²) in [5.74, 6) is 0.708. The minimum Gasteiger partial charge on any atom is -0.287 e. The second-order valence-electron chi connectivity index (χ2n) is 4.85. The molecule has 0 aliphatic rings. The van der Waals surface area contributed by atoms with E-state index in [1.165, 1.54) is 5.06 Å². The number of hydroxylamine groups is 2. The zero-order valence-electron chi connectivity index (χ0n) is 12.4. The smallest absolute Gasteiger partial charge is 0.155 e. The van der Waals surface area contributed by atoms with E-state index < -0.39 is 0 Å². The lowest BCUT2D eigenvalue weighted by Crippen LogP contribution is -2.30. The van der Waals surface area contributed by atoms with Crippen LogP contribution in [0.1, 0.15) is 50.7 Å². The Morgan fingerprint density at radius 1 is 1.16 bits per heavy atom. The van der Waals surface area contributed by atoms with Crippen molar-refractivity contribution in [2.24, 2.45) is 4.99 Å². The van der Waals surface area contributed by atoms with Gasteiger partial charge in [-0.1, -0.05) is 51.0 Å². The molecule has 106 valence electrons. The first-order chi connectivity index (χ1) is 9.20. The number of hydrogen-bond donors (Lipinski definition) is 1. The average Bonchev–Trinajstić information content (AvgIpc) is 2.42. The van der Waals surface area contributed by atoms with Gasteiger partial charge in [-0.2, -0.15) is 0 Å². The molecule has 3 heteroatoms. The third-order valence-corrected chi connectivity index (χ3v) is 3.13. The maximum Gasteiger partial charge on any atom is 0.155 e. The van der Waals surface area contributed by atoms with Gasteiger partial charge in [0.15, 0.2) is 5.84 Å². The highest BCUT2D eigenvalue weighted by Gasteiger charge is 2.12. The number of aryl methyl sites for hydroxylation is 1. The van der Waals surface area contributed by atoms with E-state index >= 15 is 0 Å². The SMILES string of the molecule is CCCCN=C(c1ccccc1C)N(O)CCCC. The lowest BCUT2D eigenvalue weighted by atomic mass is 10.1. The second-order valence-corrected chi connectivity index (χ2v) is 4.85. The number of rotatable bonds is 7. The topological polar surface area (TPSA) is 35.8 Å². The van der Waals surface area contributed by atoms with E-state index in [0.29, 0.717) is 12.4 Å². The Labute approximate surface area is 116 Å². The van der Waals surface area contributed by atoms with Gasteiger partial charge < -0.3 is 0 Å². The van der Waals surface area contributed by atoms with Crippen LogP contribution in [-0.4, -0.2) is 29.2 Å². The van der Waals surface area contributed by atoms with E-state index in [1.807, 2.05) is 18.2 Å². The highest BCUT2D eigenvalue weighted by molar-refractivity contribution is 5.99. The van der Waals surface area contributed by atoms with E-state index in [1.54, 1.807) is 0 Å². The van der Waals surface area contributed by atoms with Gasteiger partial charge >= 0.3 is 0 Å². The second kappa shape index (κ2) is 8.70. The quantitative estimate of drug-likeness (QED) is 0.348. The van der Waals surface area contributed by atoms with Crippen molar-refractivity contribution >= 4 is 5.84 Å². The summed E-state index contributed by atoms with van der Waals surface area (Å²) in [4.78, 5) is 4.59. The average molecular weight is 262 g/mol. The summed E-state index contributed by atoms with van der Waals surface area (Å²) in [7, 11) is 0. The van der Waals surface area contributed by atoms with Crippen molar-refractivity contribution in [1.29, 1.82) is 0 Å². The van der Waals surface area contributed by atoms with Gasteiger partial charge in [0.05, 0.1) is 0 Å². The predicted molar refractivity (Wildman–Crippen MR) is 80.9 cm³/mol. The van der Waals surface area contributed by atoms with Gasteiger partial charge in [0.1, 0.15) is 0 Å². The van der Waals surface area contributed by atoms with Crippen LogP contribution in [-0.2, 0) is 0 Å². The first-order valence-electron chi connectivity index (χ1n) is 7.27. The Hall–Kier alpha value is -1.35. The third kappa shape index (κ3) is 5.03. The van der Waals surface area contributed by atoms with E-state index in [9.17, 15) is 5.21 Å². The number of unbranched alkanes of at least 4 members (excludes halogenated alkanes) is 2. The molecule has 0 spiro atoms. The lowest BCUT2D eigenvalue weighted by Gasteiger charge is -2.20. The summed E-state index contributed by atoms with van der Waals surface area (Å²) in [6.45, 7) is 7.73. The normalized spacial score (nSPS) is 11.7. The number of hydrogen-bond acceptors (Lipinski definition) is 2. The molecule has 1 rings (SSSR count). The molecule has 1 aromatic rings. The minimum absolute atomic E-state index is 0.635. The highest BCUT2D eigenvalue weighted by atomic mass is 16.5. The molecule has 0 radical (unpaired) electrons. The van der Waals surface area contributed by atoms with E-state index in [2.05, 4.69) is 31.8 Å². The third-order valence-electron chi connectivity index (χ3n) is 3.13. The van der Waals surface area contributed by atoms with Gasteiger partial charge in [0.2, 0.25) is 0 Å². The van der Waals surface area contributed by atoms with Crippen molar-refractivity contribution in [1.82, 2.24) is 5.06 Å². The maximum absolute atomic E-state index is 10.2. The fraction of sp³-hybridized carbons (Fsp3) is 0.562. The molecule has 0 heterocycles. The zero-order chi connectivity index (χ0) is 14.1. The molecule has 0 aliphatic carbocycles. The number of nitrogens with zero attached hydrogens (tertiary/aromatic N) is 2. The van der Waals surface area contributed by atoms with Crippen LogP contribution in [0, 0.1) is 6.92 Å². The van der Waals surface area contributed by atoms with Crippen LogP contribution in [0.3, 0.4) is 0 Å². The molecule has 0 aliphatic heterocycles. The molecule has 0 atom stereocenters. The molecule has 0 bridgehead atoms. The molecular formula is C16H26N2O. The summed E-state index contributed by atoms with van der Waals surface area (Å²) < 4.78 is 0. The predicted octanol–water partition coefficient (Wildman–Crippen LogP) is 4.03. The first-order valence-corrected chi connectivity index (χ1v) is 7.27. The summed E-state index contributed by atoms with van der Waals surface area (Å²) in [6, 6.07) is 8.08. The molecule has 19 heavy (non-hydrogen) atoms. The van der Waals surface area contributed by atoms with Crippen molar-refractivity contribution in [3.8, 4) is 0 Å². The van der Waals surface area contributed by atoms with E-state index in [0.717, 1.165) is 43.4 Å². The molecule has 0 amide bonds. The number of benzene rings is 1. The highest BCUT2D eigenvalue weighted by Crippen LogP contribution is 2.12. The minimum atomic E-state index is 0.635. The molecule has 0 saturated carbocycles. The monoisotopic (exact) mass is 262 g/mol. The summed E-state index contributed by atoms with van der Waals surface area (Å²) in [5.41, 5.74) is 2.17. The van der Waals surface area contributed by atoms with Gasteiger partial charge in [-0.15, -0.1) is 0 Å². The largest absolute Gasteiger partial charge is 0.287 e. The summed E-state index contributed by atoms with van der Waals surface area (Å²) >= 11 is 0. The molecule has 0 unspecified atom stereocenters. The van der Waals surface area contributed by atoms with Crippen LogP contribution in [0.5, 0.6) is 0 Å². The van der Waals surface area contributed by atoms with Crippen molar-refractivity contribution in [3.05, 3.63) is 35.4 Å². The fourth-order valence-corrected chi connectivity index (χ4v) is 1.89. The molecule has 1 aromatic carbocycles. The molecule has 0 saturated heterocycles. The van der Waals surface area contributed by atoms with Gasteiger partial charge in [-0.25, -0.2) is 5.06 Å². The molecule has 3 nitrogen and oxygen atoms in total. The van der Waals surface area contributed by atoms with Crippen LogP contribution >= 0.6 is 0 Å². The Bertz CT molecular complexity index is 401. The Kier molecular flexibility index (Phi) is 7.19. The van der Waals surface area contributed by atoms with E-state index in [4.69, 9.17) is 0 Å². The van der Waals surface area contributed by atoms with Crippen LogP contribution < -0.4 is 0 Å². The van der Waals surface area contributed by atoms with Crippen LogP contribution in [0.4, 0.5) is 0 Å². The van der Waals surface area contributed by atoms with Crippen LogP contribution in [0.15, 0.2) is 29.3 Å². The molecule has 0 aromatic heterocycles. The van der Waals surface area contributed by atoms with Crippen LogP contribution in [0.25, 0.3) is 0 Å². The zero-order valence-corrected chi connectivity index (χ0v) is 12.4. The van der Waals surface area contributed by atoms with Gasteiger partial charge in [-0.3, -0.25) is 10.2 Å². The van der Waals surface area contributed by atoms with Crippen molar-refractivity contribution in [3.63, 3.8) is 0 Å². The Balaban J connectivity index is 2.92. The Morgan fingerprint density at radius 3 is 2.47 bits per heavy atom. The molecular weight excluding hydrogens is 236 g/mol. The van der Waals surface area contributed by atoms with Crippen molar-refractivity contribution in [2.45, 2.75) is 46.5 Å². The number of aliphatic imine (C=N–C) groups is 1. The fourth-order valence-electron chi connectivity index (χ4n) is 1.89. The van der Waals surface area contributed by atoms with E-state index in [-0.39, 0.29) is 0 Å². The Morgan fingerprint density at radius 2 is 1.84 bits per heavy atom. The van der Waals surface area contributed by atoms with Crippen molar-refractivity contribution in [2.75, 3.05) is 13.1 Å². The standard InChI is InChI=1S/C16H26N2O/c1-4-6-12-17-16(18(19)13-7-5-2)15-11-9-8-10-14(15)3/h8-11,19H,4-7,12-13H2,1-3H3. The number of amidine groups is 1.